The molecule has 0 spiro atoms. The standard InChI is InChI=1S/C13H20ClNO/c1-4-15-9-13(2,3)10-16-12-7-5-11(14)6-8-12/h5-8,15H,4,9-10H2,1-3H3. The van der Waals surface area contributed by atoms with E-state index in [1.807, 2.05) is 24.3 Å². The fourth-order valence-corrected chi connectivity index (χ4v) is 1.45. The first-order valence-corrected chi connectivity index (χ1v) is 6.00. The molecule has 0 bridgehead atoms. The van der Waals surface area contributed by atoms with E-state index in [1.165, 1.54) is 0 Å². The van der Waals surface area contributed by atoms with Gasteiger partial charge in [0.05, 0.1) is 6.61 Å². The lowest BCUT2D eigenvalue weighted by molar-refractivity contribution is 0.177. The van der Waals surface area contributed by atoms with Crippen molar-refractivity contribution < 1.29 is 4.74 Å². The average molecular weight is 242 g/mol. The SMILES string of the molecule is CCNCC(C)(C)COc1ccc(Cl)cc1. The lowest BCUT2D eigenvalue weighted by Gasteiger charge is -2.24. The highest BCUT2D eigenvalue weighted by molar-refractivity contribution is 6.30. The molecule has 2 nitrogen and oxygen atoms in total. The molecule has 0 heterocycles. The van der Waals surface area contributed by atoms with Crippen molar-refractivity contribution in [2.24, 2.45) is 5.41 Å². The summed E-state index contributed by atoms with van der Waals surface area (Å²) in [6.45, 7) is 9.12. The molecular formula is C13H20ClNO. The summed E-state index contributed by atoms with van der Waals surface area (Å²) in [5, 5.41) is 4.07. The summed E-state index contributed by atoms with van der Waals surface area (Å²) in [4.78, 5) is 0. The molecule has 3 heteroatoms. The quantitative estimate of drug-likeness (QED) is 0.825. The third-order valence-electron chi connectivity index (χ3n) is 2.30. The van der Waals surface area contributed by atoms with Gasteiger partial charge < -0.3 is 10.1 Å². The van der Waals surface area contributed by atoms with Crippen LogP contribution in [0.15, 0.2) is 24.3 Å². The Morgan fingerprint density at radius 3 is 2.44 bits per heavy atom. The van der Waals surface area contributed by atoms with E-state index in [0.29, 0.717) is 6.61 Å². The molecule has 0 aromatic heterocycles. The van der Waals surface area contributed by atoms with E-state index in [9.17, 15) is 0 Å². The van der Waals surface area contributed by atoms with Crippen molar-refractivity contribution in [3.63, 3.8) is 0 Å². The van der Waals surface area contributed by atoms with Crippen LogP contribution in [0, 0.1) is 5.41 Å². The van der Waals surface area contributed by atoms with Crippen LogP contribution in [0.1, 0.15) is 20.8 Å². The van der Waals surface area contributed by atoms with E-state index in [0.717, 1.165) is 23.9 Å². The molecule has 0 atom stereocenters. The highest BCUT2D eigenvalue weighted by Gasteiger charge is 2.17. The second-order valence-corrected chi connectivity index (χ2v) is 5.12. The Bertz CT molecular complexity index is 308. The molecule has 0 saturated heterocycles. The number of hydrogen-bond donors (Lipinski definition) is 1. The van der Waals surface area contributed by atoms with E-state index in [2.05, 4.69) is 26.1 Å². The Balaban J connectivity index is 2.41. The fourth-order valence-electron chi connectivity index (χ4n) is 1.32. The summed E-state index contributed by atoms with van der Waals surface area (Å²) in [5.74, 6) is 0.869. The maximum absolute atomic E-state index is 5.80. The van der Waals surface area contributed by atoms with Gasteiger partial charge in [-0.2, -0.15) is 0 Å². The van der Waals surface area contributed by atoms with Gasteiger partial charge in [-0.3, -0.25) is 0 Å². The van der Waals surface area contributed by atoms with Gasteiger partial charge in [-0.1, -0.05) is 32.4 Å². The number of nitrogens with one attached hydrogen (secondary N) is 1. The molecule has 0 aliphatic heterocycles. The van der Waals surface area contributed by atoms with E-state index in [-0.39, 0.29) is 5.41 Å². The molecule has 1 aromatic carbocycles. The van der Waals surface area contributed by atoms with Crippen LogP contribution in [0.4, 0.5) is 0 Å². The third-order valence-corrected chi connectivity index (χ3v) is 2.55. The second-order valence-electron chi connectivity index (χ2n) is 4.69. The first kappa shape index (κ1) is 13.3. The van der Waals surface area contributed by atoms with Gasteiger partial charge in [0.2, 0.25) is 0 Å². The number of halogens is 1. The topological polar surface area (TPSA) is 21.3 Å². The molecule has 0 aliphatic rings. The highest BCUT2D eigenvalue weighted by atomic mass is 35.5. The minimum atomic E-state index is 0.135. The van der Waals surface area contributed by atoms with Gasteiger partial charge >= 0.3 is 0 Å². The van der Waals surface area contributed by atoms with Crippen LogP contribution >= 0.6 is 11.6 Å². The van der Waals surface area contributed by atoms with Crippen molar-refractivity contribution in [1.82, 2.24) is 5.32 Å². The molecule has 90 valence electrons. The van der Waals surface area contributed by atoms with E-state index >= 15 is 0 Å². The summed E-state index contributed by atoms with van der Waals surface area (Å²) in [5.41, 5.74) is 0.135. The first-order chi connectivity index (χ1) is 7.53. The minimum absolute atomic E-state index is 0.135. The van der Waals surface area contributed by atoms with Gasteiger partial charge in [0.25, 0.3) is 0 Å². The van der Waals surface area contributed by atoms with E-state index < -0.39 is 0 Å². The molecule has 0 aliphatic carbocycles. The summed E-state index contributed by atoms with van der Waals surface area (Å²) in [6.07, 6.45) is 0. The monoisotopic (exact) mass is 241 g/mol. The van der Waals surface area contributed by atoms with Crippen molar-refractivity contribution in [1.29, 1.82) is 0 Å². The normalized spacial score (nSPS) is 11.5. The molecule has 0 fully saturated rings. The zero-order chi connectivity index (χ0) is 12.0. The minimum Gasteiger partial charge on any atom is -0.493 e. The van der Waals surface area contributed by atoms with Gasteiger partial charge in [-0.15, -0.1) is 0 Å². The Kier molecular flexibility index (Phi) is 5.10. The maximum atomic E-state index is 5.80. The van der Waals surface area contributed by atoms with Gasteiger partial charge in [-0.05, 0) is 30.8 Å². The summed E-state index contributed by atoms with van der Waals surface area (Å²) < 4.78 is 5.72. The Morgan fingerprint density at radius 2 is 1.88 bits per heavy atom. The molecule has 16 heavy (non-hydrogen) atoms. The highest BCUT2D eigenvalue weighted by Crippen LogP contribution is 2.19. The maximum Gasteiger partial charge on any atom is 0.119 e. The predicted molar refractivity (Wildman–Crippen MR) is 69.3 cm³/mol. The average Bonchev–Trinajstić information content (AvgIpc) is 2.26. The lowest BCUT2D eigenvalue weighted by atomic mass is 9.95. The molecule has 0 saturated carbocycles. The summed E-state index contributed by atoms with van der Waals surface area (Å²) >= 11 is 5.80. The van der Waals surface area contributed by atoms with Gasteiger partial charge in [0.15, 0.2) is 0 Å². The zero-order valence-electron chi connectivity index (χ0n) is 10.2. The van der Waals surface area contributed by atoms with Crippen LogP contribution in [-0.2, 0) is 0 Å². The molecule has 1 rings (SSSR count). The van der Waals surface area contributed by atoms with Crippen LogP contribution in [0.2, 0.25) is 5.02 Å². The number of rotatable bonds is 6. The Labute approximate surface area is 103 Å². The third kappa shape index (κ3) is 4.86. The van der Waals surface area contributed by atoms with E-state index in [4.69, 9.17) is 16.3 Å². The van der Waals surface area contributed by atoms with Gasteiger partial charge in [-0.25, -0.2) is 0 Å². The van der Waals surface area contributed by atoms with Crippen LogP contribution in [0.3, 0.4) is 0 Å². The fraction of sp³-hybridized carbons (Fsp3) is 0.538. The van der Waals surface area contributed by atoms with Crippen molar-refractivity contribution in [3.8, 4) is 5.75 Å². The molecule has 0 unspecified atom stereocenters. The van der Waals surface area contributed by atoms with Crippen LogP contribution in [-0.4, -0.2) is 19.7 Å². The number of hydrogen-bond acceptors (Lipinski definition) is 2. The summed E-state index contributed by atoms with van der Waals surface area (Å²) in [6, 6.07) is 7.47. The van der Waals surface area contributed by atoms with Gasteiger partial charge in [0, 0.05) is 17.0 Å². The Morgan fingerprint density at radius 1 is 1.25 bits per heavy atom. The first-order valence-electron chi connectivity index (χ1n) is 5.62. The van der Waals surface area contributed by atoms with Crippen LogP contribution < -0.4 is 10.1 Å². The van der Waals surface area contributed by atoms with E-state index in [1.54, 1.807) is 0 Å². The zero-order valence-corrected chi connectivity index (χ0v) is 11.0. The second kappa shape index (κ2) is 6.12. The molecule has 1 N–H and O–H groups in total. The largest absolute Gasteiger partial charge is 0.493 e. The molecule has 0 amide bonds. The lowest BCUT2D eigenvalue weighted by Crippen LogP contribution is -2.34. The van der Waals surface area contributed by atoms with Crippen LogP contribution in [0.5, 0.6) is 5.75 Å². The van der Waals surface area contributed by atoms with Gasteiger partial charge in [0.1, 0.15) is 5.75 Å². The van der Waals surface area contributed by atoms with Crippen molar-refractivity contribution >= 4 is 11.6 Å². The summed E-state index contributed by atoms with van der Waals surface area (Å²) in [7, 11) is 0. The van der Waals surface area contributed by atoms with Crippen molar-refractivity contribution in [2.45, 2.75) is 20.8 Å². The number of ether oxygens (including phenoxy) is 1. The number of benzene rings is 1. The Hall–Kier alpha value is -0.730. The van der Waals surface area contributed by atoms with Crippen molar-refractivity contribution in [3.05, 3.63) is 29.3 Å². The molecule has 1 aromatic rings. The smallest absolute Gasteiger partial charge is 0.119 e. The van der Waals surface area contributed by atoms with Crippen LogP contribution in [0.25, 0.3) is 0 Å². The van der Waals surface area contributed by atoms with Crippen molar-refractivity contribution in [2.75, 3.05) is 19.7 Å². The predicted octanol–water partition coefficient (Wildman–Crippen LogP) is 3.35. The molecular weight excluding hydrogens is 222 g/mol. The molecule has 0 radical (unpaired) electrons.